The number of fused-ring (bicyclic) bond motifs is 1. The van der Waals surface area contributed by atoms with Gasteiger partial charge in [0.2, 0.25) is 11.8 Å². The Hall–Kier alpha value is -3.27. The number of likely N-dealkylation sites (tertiary alicyclic amines) is 1. The third-order valence-electron chi connectivity index (χ3n) is 8.73. The highest BCUT2D eigenvalue weighted by Crippen LogP contribution is 2.66. The van der Waals surface area contributed by atoms with E-state index in [1.807, 2.05) is 50.2 Å². The van der Waals surface area contributed by atoms with Crippen LogP contribution in [0.3, 0.4) is 0 Å². The maximum atomic E-state index is 14.6. The lowest BCUT2D eigenvalue weighted by Crippen LogP contribution is -2.55. The predicted molar refractivity (Wildman–Crippen MR) is 172 cm³/mol. The molecule has 10 heteroatoms. The number of ether oxygens (including phenoxy) is 1. The largest absolute Gasteiger partial charge is 0.494 e. The number of hydrogen-bond donors (Lipinski definition) is 1. The van der Waals surface area contributed by atoms with Gasteiger partial charge in [-0.05, 0) is 62.6 Å². The molecule has 8 nitrogen and oxygen atoms in total. The van der Waals surface area contributed by atoms with Gasteiger partial charge in [0.15, 0.2) is 0 Å². The first kappa shape index (κ1) is 31.2. The number of rotatable bonds is 12. The molecule has 1 N–H and O–H groups in total. The Morgan fingerprint density at radius 1 is 1.14 bits per heavy atom. The normalized spacial score (nSPS) is 25.4. The molecule has 1 spiro atoms. The summed E-state index contributed by atoms with van der Waals surface area (Å²) in [6.45, 7) is 12.2. The number of nitrogens with zero attached hydrogens (tertiary/aromatic N) is 3. The van der Waals surface area contributed by atoms with E-state index in [4.69, 9.17) is 16.3 Å². The van der Waals surface area contributed by atoms with Gasteiger partial charge >= 0.3 is 0 Å². The minimum atomic E-state index is -0.862. The van der Waals surface area contributed by atoms with Crippen molar-refractivity contribution in [3.8, 4) is 5.75 Å². The highest BCUT2D eigenvalue weighted by Gasteiger charge is 2.74. The van der Waals surface area contributed by atoms with Crippen molar-refractivity contribution in [1.29, 1.82) is 0 Å². The molecular weight excluding hydrogens is 586 g/mol. The molecule has 3 amide bonds. The Bertz CT molecular complexity index is 1400. The van der Waals surface area contributed by atoms with Crippen molar-refractivity contribution in [3.05, 3.63) is 78.4 Å². The number of halogens is 1. The fraction of sp³-hybridized carbons (Fsp3) is 0.424. The molecule has 0 aromatic heterocycles. The van der Waals surface area contributed by atoms with Crippen molar-refractivity contribution < 1.29 is 24.2 Å². The number of β-amino-alcohol motifs (C(OH)–C–C–N with tert-alkyl or cyclic N) is 1. The van der Waals surface area contributed by atoms with Crippen molar-refractivity contribution in [2.24, 2.45) is 11.8 Å². The second-order valence-electron chi connectivity index (χ2n) is 11.1. The second-order valence-corrected chi connectivity index (χ2v) is 13.1. The number of hydrogen-bond acceptors (Lipinski definition) is 6. The molecule has 3 aliphatic rings. The molecule has 0 aliphatic carbocycles. The Labute approximate surface area is 262 Å². The molecular formula is C33H38ClN3O5S. The molecule has 2 aromatic rings. The van der Waals surface area contributed by atoms with Crippen LogP contribution in [0.1, 0.15) is 25.3 Å². The van der Waals surface area contributed by atoms with Crippen LogP contribution in [0.15, 0.2) is 67.8 Å². The summed E-state index contributed by atoms with van der Waals surface area (Å²) in [6, 6.07) is 11.9. The van der Waals surface area contributed by atoms with Gasteiger partial charge in [-0.1, -0.05) is 35.9 Å². The van der Waals surface area contributed by atoms with Crippen LogP contribution in [0.25, 0.3) is 0 Å². The first-order valence-corrected chi connectivity index (χ1v) is 15.9. The summed E-state index contributed by atoms with van der Waals surface area (Å²) in [5, 5.41) is 10.3. The first-order chi connectivity index (χ1) is 20.7. The van der Waals surface area contributed by atoms with Gasteiger partial charge in [0.25, 0.3) is 5.91 Å². The minimum Gasteiger partial charge on any atom is -0.494 e. The third-order valence-corrected chi connectivity index (χ3v) is 11.0. The van der Waals surface area contributed by atoms with E-state index in [-0.39, 0.29) is 49.2 Å². The summed E-state index contributed by atoms with van der Waals surface area (Å²) >= 11 is 8.21. The molecule has 2 bridgehead atoms. The van der Waals surface area contributed by atoms with Crippen molar-refractivity contribution in [3.63, 3.8) is 0 Å². The SMILES string of the molecule is C=CCN(C(=O)[C@@H]1[C@@H]2CCC3(S2)C(C(=O)N(CC=C)c2c(C)cccc2Cl)N(CCO)C(=O)[C@H]13)c1ccc(OCC)cc1. The number of thioether (sulfide) groups is 1. The number of para-hydroxylation sites is 1. The molecule has 5 atom stereocenters. The van der Waals surface area contributed by atoms with Gasteiger partial charge in [0.05, 0.1) is 40.5 Å². The van der Waals surface area contributed by atoms with E-state index in [9.17, 15) is 19.5 Å². The maximum absolute atomic E-state index is 14.6. The molecule has 228 valence electrons. The number of benzene rings is 2. The molecule has 3 aliphatic heterocycles. The zero-order valence-corrected chi connectivity index (χ0v) is 26.2. The van der Waals surface area contributed by atoms with Gasteiger partial charge in [-0.15, -0.1) is 24.9 Å². The molecule has 3 fully saturated rings. The van der Waals surface area contributed by atoms with Crippen LogP contribution in [0.2, 0.25) is 5.02 Å². The third kappa shape index (κ3) is 5.25. The number of aryl methyl sites for hydroxylation is 1. The Balaban J connectivity index is 1.54. The molecule has 3 saturated heterocycles. The van der Waals surface area contributed by atoms with Crippen LogP contribution in [-0.2, 0) is 14.4 Å². The van der Waals surface area contributed by atoms with E-state index >= 15 is 0 Å². The quantitative estimate of drug-likeness (QED) is 0.340. The number of aliphatic hydroxyl groups excluding tert-OH is 1. The zero-order valence-electron chi connectivity index (χ0n) is 24.6. The summed E-state index contributed by atoms with van der Waals surface area (Å²) in [7, 11) is 0. The van der Waals surface area contributed by atoms with Crippen molar-refractivity contribution in [2.75, 3.05) is 42.6 Å². The number of carbonyl (C=O) groups excluding carboxylic acids is 3. The first-order valence-electron chi connectivity index (χ1n) is 14.7. The lowest BCUT2D eigenvalue weighted by Gasteiger charge is -2.38. The molecule has 0 saturated carbocycles. The summed E-state index contributed by atoms with van der Waals surface area (Å²) in [4.78, 5) is 48.0. The van der Waals surface area contributed by atoms with Gasteiger partial charge in [0.1, 0.15) is 11.8 Å². The number of carbonyl (C=O) groups is 3. The average molecular weight is 624 g/mol. The van der Waals surface area contributed by atoms with Crippen LogP contribution < -0.4 is 14.5 Å². The molecule has 3 heterocycles. The lowest BCUT2D eigenvalue weighted by molar-refractivity contribution is -0.139. The highest BCUT2D eigenvalue weighted by atomic mass is 35.5. The monoisotopic (exact) mass is 623 g/mol. The van der Waals surface area contributed by atoms with E-state index in [0.717, 1.165) is 5.56 Å². The minimum absolute atomic E-state index is 0.00166. The van der Waals surface area contributed by atoms with Gasteiger partial charge < -0.3 is 24.5 Å². The second kappa shape index (κ2) is 12.8. The van der Waals surface area contributed by atoms with Crippen LogP contribution in [-0.4, -0.2) is 76.6 Å². The summed E-state index contributed by atoms with van der Waals surface area (Å²) in [5.41, 5.74) is 2.08. The predicted octanol–water partition coefficient (Wildman–Crippen LogP) is 4.87. The standard InChI is InChI=1S/C33H38ClN3O5S/c1-5-17-35(22-11-13-23(14-12-22)42-7-3)30(39)26-25-15-16-33(43-25)27(26)31(40)37(19-20-38)29(33)32(41)36(18-6-2)28-21(4)9-8-10-24(28)34/h5-6,8-14,25-27,29,38H,1-2,7,15-20H2,3-4H3/t25-,26+,27-,29?,33?/m0/s1. The number of aliphatic hydroxyl groups is 1. The molecule has 2 aromatic carbocycles. The topological polar surface area (TPSA) is 90.4 Å². The van der Waals surface area contributed by atoms with Crippen molar-refractivity contribution in [1.82, 2.24) is 4.90 Å². The van der Waals surface area contributed by atoms with E-state index < -0.39 is 22.6 Å². The Morgan fingerprint density at radius 2 is 1.84 bits per heavy atom. The van der Waals surface area contributed by atoms with Crippen LogP contribution in [0, 0.1) is 18.8 Å². The van der Waals surface area contributed by atoms with E-state index in [1.165, 1.54) is 4.90 Å². The molecule has 5 rings (SSSR count). The van der Waals surface area contributed by atoms with Crippen molar-refractivity contribution in [2.45, 2.75) is 42.7 Å². The summed E-state index contributed by atoms with van der Waals surface area (Å²) in [6.07, 6.45) is 4.64. The highest BCUT2D eigenvalue weighted by molar-refractivity contribution is 8.02. The van der Waals surface area contributed by atoms with Crippen LogP contribution in [0.5, 0.6) is 5.75 Å². The van der Waals surface area contributed by atoms with E-state index in [1.54, 1.807) is 39.8 Å². The van der Waals surface area contributed by atoms with Gasteiger partial charge in [0, 0.05) is 30.6 Å². The fourth-order valence-corrected chi connectivity index (χ4v) is 9.65. The summed E-state index contributed by atoms with van der Waals surface area (Å²) < 4.78 is 4.77. The van der Waals surface area contributed by atoms with Crippen LogP contribution >= 0.6 is 23.4 Å². The molecule has 43 heavy (non-hydrogen) atoms. The maximum Gasteiger partial charge on any atom is 0.251 e. The Morgan fingerprint density at radius 3 is 2.47 bits per heavy atom. The molecule has 2 unspecified atom stereocenters. The van der Waals surface area contributed by atoms with Crippen molar-refractivity contribution >= 4 is 52.5 Å². The number of amides is 3. The van der Waals surface area contributed by atoms with E-state index in [2.05, 4.69) is 13.2 Å². The van der Waals surface area contributed by atoms with E-state index in [0.29, 0.717) is 41.6 Å². The fourth-order valence-electron chi connectivity index (χ4n) is 7.12. The van der Waals surface area contributed by atoms with Crippen LogP contribution in [0.4, 0.5) is 11.4 Å². The average Bonchev–Trinajstić information content (AvgIpc) is 3.63. The lowest BCUT2D eigenvalue weighted by atomic mass is 9.70. The van der Waals surface area contributed by atoms with Gasteiger partial charge in [-0.3, -0.25) is 14.4 Å². The smallest absolute Gasteiger partial charge is 0.251 e. The number of anilines is 2. The Kier molecular flexibility index (Phi) is 9.25. The van der Waals surface area contributed by atoms with Gasteiger partial charge in [-0.2, -0.15) is 0 Å². The zero-order chi connectivity index (χ0) is 30.9. The van der Waals surface area contributed by atoms with Gasteiger partial charge in [-0.25, -0.2) is 0 Å². The molecule has 0 radical (unpaired) electrons. The summed E-state index contributed by atoms with van der Waals surface area (Å²) in [5.74, 6) is -1.32.